The smallest absolute Gasteiger partial charge is 0.325 e. The summed E-state index contributed by atoms with van der Waals surface area (Å²) in [6, 6.07) is 4.62. The van der Waals surface area contributed by atoms with Crippen LogP contribution in [0.5, 0.6) is 0 Å². The number of carboxylic acid groups (broad SMARTS) is 1. The molecular weight excluding hydrogens is 482 g/mol. The second-order valence-electron chi connectivity index (χ2n) is 7.53. The lowest BCUT2D eigenvalue weighted by molar-refractivity contribution is -0.148. The molecule has 1 aliphatic rings. The van der Waals surface area contributed by atoms with Gasteiger partial charge >= 0.3 is 5.97 Å². The van der Waals surface area contributed by atoms with Crippen molar-refractivity contribution in [3.63, 3.8) is 0 Å². The molecule has 1 N–H and O–H groups in total. The molecule has 1 heterocycles. The summed E-state index contributed by atoms with van der Waals surface area (Å²) in [4.78, 5) is 18.2. The minimum atomic E-state index is -4.08. The van der Waals surface area contributed by atoms with Gasteiger partial charge < -0.3 is 10.0 Å². The Bertz CT molecular complexity index is 1040. The zero-order chi connectivity index (χ0) is 21.4. The van der Waals surface area contributed by atoms with E-state index in [1.165, 1.54) is 16.4 Å². The maximum absolute atomic E-state index is 13.7. The van der Waals surface area contributed by atoms with Crippen molar-refractivity contribution in [2.24, 2.45) is 0 Å². The maximum atomic E-state index is 13.7. The number of carbonyl (C=O) groups is 1. The number of carboxylic acids is 1. The van der Waals surface area contributed by atoms with Crippen molar-refractivity contribution in [3.8, 4) is 0 Å². The maximum Gasteiger partial charge on any atom is 0.325 e. The molecule has 0 aliphatic heterocycles. The number of hydrogen-bond acceptors (Lipinski definition) is 5. The first-order valence-electron chi connectivity index (χ1n) is 9.24. The van der Waals surface area contributed by atoms with Crippen molar-refractivity contribution in [2.45, 2.75) is 36.1 Å². The van der Waals surface area contributed by atoms with Gasteiger partial charge in [-0.25, -0.2) is 13.4 Å². The zero-order valence-electron chi connectivity index (χ0n) is 16.2. The van der Waals surface area contributed by atoms with Gasteiger partial charge in [-0.1, -0.05) is 30.5 Å². The number of pyridine rings is 1. The molecule has 0 spiro atoms. The summed E-state index contributed by atoms with van der Waals surface area (Å²) in [6.07, 6.45) is 3.52. The van der Waals surface area contributed by atoms with E-state index >= 15 is 0 Å². The van der Waals surface area contributed by atoms with Crippen LogP contribution in [0.1, 0.15) is 25.7 Å². The van der Waals surface area contributed by atoms with Crippen LogP contribution < -0.4 is 0 Å². The highest BCUT2D eigenvalue weighted by Crippen LogP contribution is 2.40. The second kappa shape index (κ2) is 8.47. The second-order valence-corrected chi connectivity index (χ2v) is 10.6. The first-order valence-corrected chi connectivity index (χ1v) is 11.9. The minimum Gasteiger partial charge on any atom is -0.480 e. The molecule has 0 amide bonds. The number of halogens is 2. The van der Waals surface area contributed by atoms with Gasteiger partial charge in [0.1, 0.15) is 10.7 Å². The molecule has 0 radical (unpaired) electrons. The van der Waals surface area contributed by atoms with Crippen LogP contribution in [0.2, 0.25) is 5.15 Å². The van der Waals surface area contributed by atoms with E-state index < -0.39 is 21.5 Å². The summed E-state index contributed by atoms with van der Waals surface area (Å²) in [5.41, 5.74) is -1.43. The van der Waals surface area contributed by atoms with Crippen molar-refractivity contribution in [3.05, 3.63) is 34.0 Å². The molecule has 3 rings (SSSR count). The van der Waals surface area contributed by atoms with Crippen molar-refractivity contribution in [1.29, 1.82) is 0 Å². The molecule has 0 atom stereocenters. The summed E-state index contributed by atoms with van der Waals surface area (Å²) in [5.74, 6) is -1.10. The highest BCUT2D eigenvalue weighted by molar-refractivity contribution is 9.10. The Labute approximate surface area is 183 Å². The van der Waals surface area contributed by atoms with Gasteiger partial charge in [0.05, 0.1) is 4.90 Å². The van der Waals surface area contributed by atoms with E-state index in [1.807, 2.05) is 19.0 Å². The van der Waals surface area contributed by atoms with Gasteiger partial charge in [-0.15, -0.1) is 0 Å². The largest absolute Gasteiger partial charge is 0.480 e. The van der Waals surface area contributed by atoms with Crippen LogP contribution in [0.4, 0.5) is 0 Å². The first kappa shape index (κ1) is 22.4. The molecular formula is C19H23BrClN3O4S. The fourth-order valence-corrected chi connectivity index (χ4v) is 6.28. The van der Waals surface area contributed by atoms with E-state index in [-0.39, 0.29) is 16.6 Å². The molecule has 0 unspecified atom stereocenters. The Morgan fingerprint density at radius 3 is 2.48 bits per heavy atom. The normalized spacial score (nSPS) is 16.8. The molecule has 7 nitrogen and oxygen atoms in total. The lowest BCUT2D eigenvalue weighted by atomic mass is 9.98. The predicted molar refractivity (Wildman–Crippen MR) is 116 cm³/mol. The number of rotatable bonds is 7. The van der Waals surface area contributed by atoms with Gasteiger partial charge in [0.15, 0.2) is 0 Å². The van der Waals surface area contributed by atoms with Gasteiger partial charge in [0.25, 0.3) is 0 Å². The number of hydrogen-bond donors (Lipinski definition) is 1. The Hall–Kier alpha value is -1.26. The topological polar surface area (TPSA) is 90.8 Å². The number of nitrogens with zero attached hydrogens (tertiary/aromatic N) is 3. The molecule has 0 saturated heterocycles. The number of aliphatic carboxylic acids is 1. The van der Waals surface area contributed by atoms with E-state index in [1.54, 1.807) is 12.3 Å². The Morgan fingerprint density at radius 1 is 1.24 bits per heavy atom. The molecule has 2 aromatic rings. The summed E-state index contributed by atoms with van der Waals surface area (Å²) in [6.45, 7) is 0.500. The number of fused-ring (bicyclic) bond motifs is 1. The third kappa shape index (κ3) is 4.16. The van der Waals surface area contributed by atoms with E-state index in [9.17, 15) is 18.3 Å². The molecule has 1 aromatic heterocycles. The minimum absolute atomic E-state index is 0.0121. The van der Waals surface area contributed by atoms with Gasteiger partial charge in [-0.3, -0.25) is 4.79 Å². The van der Waals surface area contributed by atoms with Crippen LogP contribution in [0.3, 0.4) is 0 Å². The number of likely N-dealkylation sites (N-methyl/N-ethyl adjacent to an activating group) is 1. The van der Waals surface area contributed by atoms with Crippen LogP contribution in [0.15, 0.2) is 33.8 Å². The van der Waals surface area contributed by atoms with Crippen molar-refractivity contribution in [2.75, 3.05) is 27.2 Å². The highest BCUT2D eigenvalue weighted by atomic mass is 79.9. The first-order chi connectivity index (χ1) is 13.6. The summed E-state index contributed by atoms with van der Waals surface area (Å²) >= 11 is 9.59. The molecule has 1 fully saturated rings. The van der Waals surface area contributed by atoms with E-state index in [0.29, 0.717) is 42.1 Å². The van der Waals surface area contributed by atoms with Crippen LogP contribution >= 0.6 is 27.5 Å². The third-order valence-electron chi connectivity index (χ3n) is 5.41. The Kier molecular flexibility index (Phi) is 6.55. The van der Waals surface area contributed by atoms with E-state index in [0.717, 1.165) is 5.39 Å². The molecule has 1 aliphatic carbocycles. The lowest BCUT2D eigenvalue weighted by Crippen LogP contribution is -2.56. The van der Waals surface area contributed by atoms with Crippen LogP contribution in [0, 0.1) is 0 Å². The van der Waals surface area contributed by atoms with Crippen molar-refractivity contribution >= 4 is 54.3 Å². The van der Waals surface area contributed by atoms with E-state index in [4.69, 9.17) is 11.6 Å². The number of benzene rings is 1. The quantitative estimate of drug-likeness (QED) is 0.579. The van der Waals surface area contributed by atoms with E-state index in [2.05, 4.69) is 20.9 Å². The fraction of sp³-hybridized carbons (Fsp3) is 0.474. The summed E-state index contributed by atoms with van der Waals surface area (Å²) < 4.78 is 29.2. The lowest BCUT2D eigenvalue weighted by Gasteiger charge is -2.37. The Morgan fingerprint density at radius 2 is 1.90 bits per heavy atom. The predicted octanol–water partition coefficient (Wildman–Crippen LogP) is 3.60. The van der Waals surface area contributed by atoms with Crippen LogP contribution in [-0.2, 0) is 14.8 Å². The average Bonchev–Trinajstić information content (AvgIpc) is 3.15. The van der Waals surface area contributed by atoms with Gasteiger partial charge in [-0.05, 0) is 55.0 Å². The molecule has 1 aromatic carbocycles. The molecule has 0 bridgehead atoms. The van der Waals surface area contributed by atoms with Crippen LogP contribution in [-0.4, -0.2) is 66.4 Å². The fourth-order valence-electron chi connectivity index (χ4n) is 3.83. The van der Waals surface area contributed by atoms with Crippen molar-refractivity contribution in [1.82, 2.24) is 14.2 Å². The summed E-state index contributed by atoms with van der Waals surface area (Å²) in [7, 11) is -0.430. The van der Waals surface area contributed by atoms with Gasteiger partial charge in [0.2, 0.25) is 10.0 Å². The summed E-state index contributed by atoms with van der Waals surface area (Å²) in [5, 5.41) is 11.4. The Balaban J connectivity index is 2.15. The monoisotopic (exact) mass is 503 g/mol. The van der Waals surface area contributed by atoms with Crippen molar-refractivity contribution < 1.29 is 18.3 Å². The molecule has 10 heteroatoms. The SMILES string of the molecule is CN(C)CCN(C1(C(=O)O)CCCC1)S(=O)(=O)c1ccc2c(Br)cnc(Cl)c2c1. The average molecular weight is 505 g/mol. The highest BCUT2D eigenvalue weighted by Gasteiger charge is 2.51. The van der Waals surface area contributed by atoms with Gasteiger partial charge in [0, 0.05) is 34.5 Å². The van der Waals surface area contributed by atoms with Crippen LogP contribution in [0.25, 0.3) is 10.8 Å². The zero-order valence-corrected chi connectivity index (χ0v) is 19.4. The third-order valence-corrected chi connectivity index (χ3v) is 8.30. The van der Waals surface area contributed by atoms with Gasteiger partial charge in [-0.2, -0.15) is 4.31 Å². The molecule has 29 heavy (non-hydrogen) atoms. The number of aromatic nitrogens is 1. The number of sulfonamides is 1. The molecule has 1 saturated carbocycles. The molecule has 158 valence electrons. The standard InChI is InChI=1S/C19H23BrClN3O4S/c1-23(2)9-10-24(19(18(25)26)7-3-4-8-19)29(27,28)13-5-6-14-15(11-13)17(21)22-12-16(14)20/h5-6,11-12H,3-4,7-10H2,1-2H3,(H,25,26).